The summed E-state index contributed by atoms with van der Waals surface area (Å²) in [5, 5.41) is 5.23. The maximum Gasteiger partial charge on any atom is 0.420 e. The number of aryl methyl sites for hydroxylation is 1. The van der Waals surface area contributed by atoms with E-state index in [0.717, 1.165) is 55.7 Å². The first-order valence-corrected chi connectivity index (χ1v) is 12.5. The van der Waals surface area contributed by atoms with Crippen molar-refractivity contribution in [3.05, 3.63) is 28.1 Å². The third kappa shape index (κ3) is 5.24. The maximum absolute atomic E-state index is 12.5. The number of hydrogen-bond donors (Lipinski definition) is 1. The Morgan fingerprint density at radius 2 is 2.11 bits per heavy atom. The van der Waals surface area contributed by atoms with E-state index in [2.05, 4.69) is 20.2 Å². The molecule has 1 amide bonds. The first-order chi connectivity index (χ1) is 17.1. The maximum atomic E-state index is 12.5. The second-order valence-electron chi connectivity index (χ2n) is 8.16. The smallest absolute Gasteiger partial charge is 0.420 e. The lowest BCUT2D eigenvalue weighted by molar-refractivity contribution is 0.0357. The average Bonchev–Trinajstić information content (AvgIpc) is 3.51. The summed E-state index contributed by atoms with van der Waals surface area (Å²) in [6, 6.07) is 3.82. The highest BCUT2D eigenvalue weighted by atomic mass is 32.1. The van der Waals surface area contributed by atoms with Crippen LogP contribution in [0.15, 0.2) is 27.5 Å². The van der Waals surface area contributed by atoms with Crippen molar-refractivity contribution in [2.45, 2.75) is 13.3 Å². The van der Waals surface area contributed by atoms with Crippen LogP contribution >= 0.6 is 11.3 Å². The van der Waals surface area contributed by atoms with Crippen LogP contribution in [0.3, 0.4) is 0 Å². The highest BCUT2D eigenvalue weighted by Gasteiger charge is 2.33. The van der Waals surface area contributed by atoms with E-state index in [9.17, 15) is 4.79 Å². The lowest BCUT2D eigenvalue weighted by Crippen LogP contribution is -2.48. The second kappa shape index (κ2) is 10.6. The molecule has 11 nitrogen and oxygen atoms in total. The van der Waals surface area contributed by atoms with E-state index in [4.69, 9.17) is 23.9 Å². The van der Waals surface area contributed by atoms with E-state index < -0.39 is 6.09 Å². The summed E-state index contributed by atoms with van der Waals surface area (Å²) in [7, 11) is 1.58. The number of amidine groups is 1. The number of amides is 1. The lowest BCUT2D eigenvalue weighted by atomic mass is 10.1. The largest absolute Gasteiger partial charge is 0.491 e. The molecule has 3 aliphatic rings. The molecule has 0 atom stereocenters. The van der Waals surface area contributed by atoms with Gasteiger partial charge in [0.25, 0.3) is 0 Å². The molecular weight excluding hydrogens is 472 g/mol. The summed E-state index contributed by atoms with van der Waals surface area (Å²) in [4.78, 5) is 30.3. The summed E-state index contributed by atoms with van der Waals surface area (Å²) in [5.41, 5.74) is 1.39. The number of nitrogens with zero attached hydrogens (tertiary/aromatic N) is 5. The highest BCUT2D eigenvalue weighted by molar-refractivity contribution is 7.09. The van der Waals surface area contributed by atoms with E-state index in [1.807, 2.05) is 24.0 Å². The van der Waals surface area contributed by atoms with Gasteiger partial charge in [0.1, 0.15) is 11.5 Å². The lowest BCUT2D eigenvalue weighted by Gasteiger charge is -2.28. The van der Waals surface area contributed by atoms with E-state index in [1.165, 1.54) is 11.3 Å². The summed E-state index contributed by atoms with van der Waals surface area (Å²) >= 11 is 1.41. The van der Waals surface area contributed by atoms with Crippen LogP contribution < -0.4 is 19.5 Å². The Hall–Kier alpha value is -3.22. The number of hydrogen-bond acceptors (Lipinski definition) is 11. The van der Waals surface area contributed by atoms with Gasteiger partial charge in [0.15, 0.2) is 11.5 Å². The number of aliphatic imine (C=N–C) groups is 2. The predicted molar refractivity (Wildman–Crippen MR) is 132 cm³/mol. The zero-order chi connectivity index (χ0) is 24.2. The van der Waals surface area contributed by atoms with Crippen molar-refractivity contribution in [1.29, 1.82) is 0 Å². The third-order valence-corrected chi connectivity index (χ3v) is 6.60. The Bertz CT molecular complexity index is 1140. The molecule has 12 heteroatoms. The number of fused-ring (bicyclic) bond motifs is 3. The molecule has 1 aromatic heterocycles. The number of guanidine groups is 1. The SMILES string of the molecule is COc1c(OCCCN2CCOCC2)ccc2c1N=C(NC(=O)Oc1csc(C)n1)N1CCN=C21. The van der Waals surface area contributed by atoms with Crippen LogP contribution in [0, 0.1) is 6.92 Å². The second-order valence-corrected chi connectivity index (χ2v) is 9.22. The molecule has 2 aromatic rings. The van der Waals surface area contributed by atoms with Gasteiger partial charge in [-0.15, -0.1) is 11.3 Å². The molecule has 186 valence electrons. The third-order valence-electron chi connectivity index (χ3n) is 5.84. The van der Waals surface area contributed by atoms with Crippen LogP contribution in [0.2, 0.25) is 0 Å². The van der Waals surface area contributed by atoms with Crippen molar-refractivity contribution in [3.63, 3.8) is 0 Å². The molecular formula is C23H28N6O5S. The van der Waals surface area contributed by atoms with E-state index >= 15 is 0 Å². The zero-order valence-corrected chi connectivity index (χ0v) is 20.6. The number of methoxy groups -OCH3 is 1. The normalized spacial score (nSPS) is 17.3. The summed E-state index contributed by atoms with van der Waals surface area (Å²) in [6.45, 7) is 8.02. The van der Waals surface area contributed by atoms with Crippen molar-refractivity contribution >= 4 is 34.9 Å². The van der Waals surface area contributed by atoms with Crippen molar-refractivity contribution < 1.29 is 23.7 Å². The summed E-state index contributed by atoms with van der Waals surface area (Å²) < 4.78 is 22.5. The van der Waals surface area contributed by atoms with Gasteiger partial charge in [-0.2, -0.15) is 0 Å². The fraction of sp³-hybridized carbons (Fsp3) is 0.478. The Kier molecular flexibility index (Phi) is 7.11. The fourth-order valence-corrected chi connectivity index (χ4v) is 4.71. The molecule has 5 rings (SSSR count). The Balaban J connectivity index is 1.31. The molecule has 1 fully saturated rings. The van der Waals surface area contributed by atoms with Crippen LogP contribution in [-0.4, -0.2) is 92.3 Å². The Labute approximate surface area is 207 Å². The number of ether oxygens (including phenoxy) is 4. The predicted octanol–water partition coefficient (Wildman–Crippen LogP) is 2.41. The number of carbonyl (C=O) groups is 1. The van der Waals surface area contributed by atoms with Crippen molar-refractivity contribution in [2.24, 2.45) is 9.98 Å². The monoisotopic (exact) mass is 500 g/mol. The minimum Gasteiger partial charge on any atom is -0.491 e. The summed E-state index contributed by atoms with van der Waals surface area (Å²) in [6.07, 6.45) is 0.219. The molecule has 0 saturated carbocycles. The van der Waals surface area contributed by atoms with Gasteiger partial charge in [-0.1, -0.05) is 0 Å². The number of carbonyl (C=O) groups excluding carboxylic acids is 1. The molecule has 0 radical (unpaired) electrons. The van der Waals surface area contributed by atoms with Crippen LogP contribution in [0.25, 0.3) is 0 Å². The standard InChI is InChI=1S/C23H28N6O5S/c1-15-25-18(14-35-15)34-23(30)27-22-26-19-16(21-24-6-8-29(21)22)4-5-17(20(19)31-2)33-11-3-7-28-9-12-32-13-10-28/h4-5,14H,3,6-13H2,1-2H3,(H,26,27,30). The van der Waals surface area contributed by atoms with Gasteiger partial charge < -0.3 is 18.9 Å². The van der Waals surface area contributed by atoms with Crippen LogP contribution in [0.5, 0.6) is 17.4 Å². The molecule has 0 bridgehead atoms. The number of rotatable bonds is 7. The van der Waals surface area contributed by atoms with Gasteiger partial charge >= 0.3 is 6.09 Å². The van der Waals surface area contributed by atoms with Gasteiger partial charge in [-0.25, -0.2) is 14.8 Å². The minimum atomic E-state index is -0.668. The van der Waals surface area contributed by atoms with Gasteiger partial charge in [-0.05, 0) is 25.5 Å². The molecule has 0 unspecified atom stereocenters. The summed E-state index contributed by atoms with van der Waals surface area (Å²) in [5.74, 6) is 2.41. The molecule has 35 heavy (non-hydrogen) atoms. The quantitative estimate of drug-likeness (QED) is 0.577. The number of aromatic nitrogens is 1. The first kappa shape index (κ1) is 23.5. The van der Waals surface area contributed by atoms with Crippen molar-refractivity contribution in [3.8, 4) is 17.4 Å². The van der Waals surface area contributed by atoms with Crippen molar-refractivity contribution in [2.75, 3.05) is 59.7 Å². The molecule has 0 spiro atoms. The molecule has 1 saturated heterocycles. The molecule has 1 N–H and O–H groups in total. The van der Waals surface area contributed by atoms with Crippen molar-refractivity contribution in [1.82, 2.24) is 20.1 Å². The topological polar surface area (TPSA) is 110 Å². The van der Waals surface area contributed by atoms with E-state index in [1.54, 1.807) is 12.5 Å². The number of benzene rings is 1. The zero-order valence-electron chi connectivity index (χ0n) is 19.8. The van der Waals surface area contributed by atoms with Crippen LogP contribution in [0.1, 0.15) is 17.0 Å². The number of morpholine rings is 1. The highest BCUT2D eigenvalue weighted by Crippen LogP contribution is 2.43. The Morgan fingerprint density at radius 1 is 1.26 bits per heavy atom. The number of nitrogens with one attached hydrogen (secondary N) is 1. The molecule has 3 aliphatic heterocycles. The van der Waals surface area contributed by atoms with Gasteiger partial charge in [0.2, 0.25) is 11.8 Å². The molecule has 4 heterocycles. The van der Waals surface area contributed by atoms with Crippen LogP contribution in [0.4, 0.5) is 10.5 Å². The molecule has 0 aliphatic carbocycles. The fourth-order valence-electron chi connectivity index (χ4n) is 4.20. The van der Waals surface area contributed by atoms with E-state index in [-0.39, 0.29) is 5.88 Å². The van der Waals surface area contributed by atoms with E-state index in [0.29, 0.717) is 42.8 Å². The minimum absolute atomic E-state index is 0.252. The van der Waals surface area contributed by atoms with Crippen LogP contribution in [-0.2, 0) is 4.74 Å². The Morgan fingerprint density at radius 3 is 2.89 bits per heavy atom. The van der Waals surface area contributed by atoms with Gasteiger partial charge in [0, 0.05) is 31.7 Å². The van der Waals surface area contributed by atoms with Gasteiger partial charge in [0.05, 0.1) is 43.9 Å². The number of thiazole rings is 1. The van der Waals surface area contributed by atoms with Gasteiger partial charge in [-0.3, -0.25) is 20.1 Å². The molecule has 1 aromatic carbocycles. The first-order valence-electron chi connectivity index (χ1n) is 11.6. The average molecular weight is 501 g/mol.